The molecule has 0 bridgehead atoms. The van der Waals surface area contributed by atoms with Crippen LogP contribution in [0.5, 0.6) is 0 Å². The molecule has 0 heterocycles. The van der Waals surface area contributed by atoms with Crippen molar-refractivity contribution >= 4 is 17.6 Å². The first-order valence-corrected chi connectivity index (χ1v) is 4.29. The molecule has 3 nitrogen and oxygen atoms in total. The molecule has 0 saturated heterocycles. The number of halogens is 3. The van der Waals surface area contributed by atoms with Gasteiger partial charge in [0.2, 0.25) is 0 Å². The first kappa shape index (κ1) is 11.9. The topological polar surface area (TPSA) is 46.5 Å². The highest BCUT2D eigenvalue weighted by Crippen LogP contribution is 2.19. The minimum Gasteiger partial charge on any atom is -0.475 e. The maximum Gasteiger partial charge on any atom is 0.456 e. The van der Waals surface area contributed by atoms with Gasteiger partial charge >= 0.3 is 12.1 Å². The molecule has 1 aromatic carbocycles. The number of carboxylic acids is 1. The Morgan fingerprint density at radius 3 is 2.73 bits per heavy atom. The van der Waals surface area contributed by atoms with E-state index in [9.17, 15) is 13.6 Å². The predicted molar refractivity (Wildman–Crippen MR) is 48.8 cm³/mol. The number of hydrogen-bond donors (Lipinski definition) is 1. The molecule has 82 valence electrons. The molecule has 0 fully saturated rings. The summed E-state index contributed by atoms with van der Waals surface area (Å²) in [5.74, 6) is -2.32. The quantitative estimate of drug-likeness (QED) is 0.874. The summed E-state index contributed by atoms with van der Waals surface area (Å²) in [6.07, 6.45) is -4.18. The molecule has 6 heteroatoms. The van der Waals surface area contributed by atoms with Gasteiger partial charge in [0, 0.05) is 5.02 Å². The van der Waals surface area contributed by atoms with Crippen LogP contribution in [0.1, 0.15) is 5.56 Å². The van der Waals surface area contributed by atoms with Crippen molar-refractivity contribution in [3.8, 4) is 0 Å². The minimum atomic E-state index is -4.18. The largest absolute Gasteiger partial charge is 0.475 e. The number of carbonyl (C=O) groups is 1. The SMILES string of the molecule is O=C(O)C(F)(F)OCc1cccc(Cl)c1. The van der Waals surface area contributed by atoms with Crippen LogP contribution < -0.4 is 0 Å². The van der Waals surface area contributed by atoms with E-state index < -0.39 is 18.7 Å². The standard InChI is InChI=1S/C9H7ClF2O3/c10-7-3-1-2-6(4-7)5-15-9(11,12)8(13)14/h1-4H,5H2,(H,13,14). The van der Waals surface area contributed by atoms with Gasteiger partial charge in [0.1, 0.15) is 0 Å². The summed E-state index contributed by atoms with van der Waals surface area (Å²) >= 11 is 5.60. The third kappa shape index (κ3) is 3.45. The molecule has 0 amide bonds. The van der Waals surface area contributed by atoms with Crippen LogP contribution in [-0.2, 0) is 16.1 Å². The summed E-state index contributed by atoms with van der Waals surface area (Å²) in [5.41, 5.74) is 0.378. The average molecular weight is 237 g/mol. The molecule has 0 aliphatic carbocycles. The lowest BCUT2D eigenvalue weighted by atomic mass is 10.2. The highest BCUT2D eigenvalue weighted by Gasteiger charge is 2.40. The number of benzene rings is 1. The number of carboxylic acid groups (broad SMARTS) is 1. The third-order valence-corrected chi connectivity index (χ3v) is 1.79. The molecule has 0 spiro atoms. The van der Waals surface area contributed by atoms with Crippen LogP contribution in [0, 0.1) is 0 Å². The fourth-order valence-corrected chi connectivity index (χ4v) is 1.08. The monoisotopic (exact) mass is 236 g/mol. The predicted octanol–water partition coefficient (Wildman–Crippen LogP) is 2.53. The highest BCUT2D eigenvalue weighted by molar-refractivity contribution is 6.30. The van der Waals surface area contributed by atoms with Gasteiger partial charge in [-0.05, 0) is 17.7 Å². The molecule has 1 aromatic rings. The normalized spacial score (nSPS) is 11.4. The number of rotatable bonds is 4. The summed E-state index contributed by atoms with van der Waals surface area (Å²) in [4.78, 5) is 10.0. The average Bonchev–Trinajstić information content (AvgIpc) is 2.15. The molecule has 0 atom stereocenters. The van der Waals surface area contributed by atoms with Crippen LogP contribution in [0.2, 0.25) is 5.02 Å². The van der Waals surface area contributed by atoms with Gasteiger partial charge in [-0.15, -0.1) is 0 Å². The Morgan fingerprint density at radius 2 is 2.20 bits per heavy atom. The molecule has 0 unspecified atom stereocenters. The van der Waals surface area contributed by atoms with E-state index in [2.05, 4.69) is 4.74 Å². The summed E-state index contributed by atoms with van der Waals surface area (Å²) in [6.45, 7) is -0.514. The van der Waals surface area contributed by atoms with Gasteiger partial charge in [0.15, 0.2) is 0 Å². The Kier molecular flexibility index (Phi) is 3.60. The van der Waals surface area contributed by atoms with Crippen LogP contribution in [0.3, 0.4) is 0 Å². The van der Waals surface area contributed by atoms with Crippen LogP contribution >= 0.6 is 11.6 Å². The maximum absolute atomic E-state index is 12.5. The molecule has 0 aliphatic rings. The van der Waals surface area contributed by atoms with Gasteiger partial charge in [0.05, 0.1) is 6.61 Å². The molecule has 0 aromatic heterocycles. The molecule has 15 heavy (non-hydrogen) atoms. The Labute approximate surface area is 89.2 Å². The maximum atomic E-state index is 12.5. The number of hydrogen-bond acceptors (Lipinski definition) is 2. The van der Waals surface area contributed by atoms with Gasteiger partial charge in [-0.2, -0.15) is 8.78 Å². The minimum absolute atomic E-state index is 0.370. The van der Waals surface area contributed by atoms with Crippen molar-refractivity contribution < 1.29 is 23.4 Å². The van der Waals surface area contributed by atoms with E-state index in [4.69, 9.17) is 16.7 Å². The van der Waals surface area contributed by atoms with E-state index in [1.165, 1.54) is 12.1 Å². The molecule has 0 aliphatic heterocycles. The van der Waals surface area contributed by atoms with Gasteiger partial charge < -0.3 is 9.84 Å². The van der Waals surface area contributed by atoms with Crippen molar-refractivity contribution in [3.05, 3.63) is 34.9 Å². The number of alkyl halides is 2. The van der Waals surface area contributed by atoms with Crippen LogP contribution in [0.4, 0.5) is 8.78 Å². The van der Waals surface area contributed by atoms with Gasteiger partial charge in [-0.1, -0.05) is 23.7 Å². The van der Waals surface area contributed by atoms with Crippen molar-refractivity contribution in [1.82, 2.24) is 0 Å². The molecule has 0 saturated carbocycles. The van der Waals surface area contributed by atoms with Crippen molar-refractivity contribution in [2.75, 3.05) is 0 Å². The fourth-order valence-electron chi connectivity index (χ4n) is 0.862. The van der Waals surface area contributed by atoms with Crippen LogP contribution in [-0.4, -0.2) is 17.2 Å². The molecular formula is C9H7ClF2O3. The molecule has 1 rings (SSSR count). The zero-order valence-corrected chi connectivity index (χ0v) is 8.17. The van der Waals surface area contributed by atoms with E-state index in [-0.39, 0.29) is 0 Å². The summed E-state index contributed by atoms with van der Waals surface area (Å²) in [7, 11) is 0. The smallest absolute Gasteiger partial charge is 0.456 e. The van der Waals surface area contributed by atoms with Crippen molar-refractivity contribution in [3.63, 3.8) is 0 Å². The second-order valence-corrected chi connectivity index (χ2v) is 3.18. The number of aliphatic carboxylic acids is 1. The van der Waals surface area contributed by atoms with E-state index in [0.29, 0.717) is 10.6 Å². The summed E-state index contributed by atoms with van der Waals surface area (Å²) in [5, 5.41) is 8.44. The lowest BCUT2D eigenvalue weighted by Gasteiger charge is -2.11. The first-order valence-electron chi connectivity index (χ1n) is 3.91. The second kappa shape index (κ2) is 4.55. The second-order valence-electron chi connectivity index (χ2n) is 2.74. The zero-order valence-electron chi connectivity index (χ0n) is 7.41. The van der Waals surface area contributed by atoms with Gasteiger partial charge in [0.25, 0.3) is 0 Å². The number of ether oxygens (including phenoxy) is 1. The van der Waals surface area contributed by atoms with Crippen molar-refractivity contribution in [1.29, 1.82) is 0 Å². The van der Waals surface area contributed by atoms with Crippen LogP contribution in [0.15, 0.2) is 24.3 Å². The Balaban J connectivity index is 2.61. The van der Waals surface area contributed by atoms with E-state index in [1.807, 2.05) is 0 Å². The molecule has 0 radical (unpaired) electrons. The first-order chi connectivity index (χ1) is 6.92. The highest BCUT2D eigenvalue weighted by atomic mass is 35.5. The van der Waals surface area contributed by atoms with Gasteiger partial charge in [-0.25, -0.2) is 4.79 Å². The zero-order chi connectivity index (χ0) is 11.5. The molecule has 1 N–H and O–H groups in total. The fraction of sp³-hybridized carbons (Fsp3) is 0.222. The van der Waals surface area contributed by atoms with E-state index in [1.54, 1.807) is 12.1 Å². The summed E-state index contributed by atoms with van der Waals surface area (Å²) < 4.78 is 28.9. The lowest BCUT2D eigenvalue weighted by molar-refractivity contribution is -0.250. The van der Waals surface area contributed by atoms with Crippen molar-refractivity contribution in [2.24, 2.45) is 0 Å². The van der Waals surface area contributed by atoms with E-state index in [0.717, 1.165) is 0 Å². The lowest BCUT2D eigenvalue weighted by Crippen LogP contribution is -2.31. The van der Waals surface area contributed by atoms with Crippen molar-refractivity contribution in [2.45, 2.75) is 12.7 Å². The Morgan fingerprint density at radius 1 is 1.53 bits per heavy atom. The Hall–Kier alpha value is -1.20. The van der Waals surface area contributed by atoms with E-state index >= 15 is 0 Å². The molecular weight excluding hydrogens is 230 g/mol. The van der Waals surface area contributed by atoms with Gasteiger partial charge in [-0.3, -0.25) is 0 Å². The Bertz CT molecular complexity index is 368. The van der Waals surface area contributed by atoms with Crippen LogP contribution in [0.25, 0.3) is 0 Å². The third-order valence-electron chi connectivity index (χ3n) is 1.56. The summed E-state index contributed by atoms with van der Waals surface area (Å²) in [6, 6.07) is 6.05.